The van der Waals surface area contributed by atoms with Gasteiger partial charge in [0.25, 0.3) is 0 Å². The van der Waals surface area contributed by atoms with Crippen molar-refractivity contribution in [3.8, 4) is 0 Å². The first-order valence-electron chi connectivity index (χ1n) is 7.97. The minimum absolute atomic E-state index is 0.0170. The summed E-state index contributed by atoms with van der Waals surface area (Å²) in [5, 5.41) is 7.17. The van der Waals surface area contributed by atoms with Gasteiger partial charge in [0.15, 0.2) is 0 Å². The first kappa shape index (κ1) is 16.2. The number of hydrogen-bond donors (Lipinski definition) is 1. The topological polar surface area (TPSA) is 80.1 Å². The van der Waals surface area contributed by atoms with E-state index in [-0.39, 0.29) is 24.2 Å². The lowest BCUT2D eigenvalue weighted by atomic mass is 10.1. The first-order chi connectivity index (χ1) is 11.5. The number of rotatable bonds is 5. The fraction of sp³-hybridized carbons (Fsp3) is 0.412. The zero-order valence-electron chi connectivity index (χ0n) is 13.9. The van der Waals surface area contributed by atoms with Crippen molar-refractivity contribution >= 4 is 11.8 Å². The van der Waals surface area contributed by atoms with Crippen molar-refractivity contribution in [1.82, 2.24) is 25.0 Å². The molecule has 7 nitrogen and oxygen atoms in total. The molecule has 0 aliphatic carbocycles. The Kier molecular flexibility index (Phi) is 4.59. The summed E-state index contributed by atoms with van der Waals surface area (Å²) < 4.78 is 1.76. The molecule has 24 heavy (non-hydrogen) atoms. The van der Waals surface area contributed by atoms with Gasteiger partial charge in [-0.3, -0.25) is 19.3 Å². The Labute approximate surface area is 140 Å². The van der Waals surface area contributed by atoms with E-state index in [2.05, 4.69) is 15.4 Å². The van der Waals surface area contributed by atoms with Gasteiger partial charge in [-0.2, -0.15) is 5.10 Å². The maximum absolute atomic E-state index is 12.4. The third-order valence-electron chi connectivity index (χ3n) is 4.25. The SMILES string of the molecule is Cc1cc(CNC(=O)[C@H]2CC(=O)N(Cc3ccncc3)C2)n(C)n1. The van der Waals surface area contributed by atoms with E-state index < -0.39 is 0 Å². The third kappa shape index (κ3) is 3.61. The Morgan fingerprint density at radius 1 is 1.38 bits per heavy atom. The predicted molar refractivity (Wildman–Crippen MR) is 87.6 cm³/mol. The summed E-state index contributed by atoms with van der Waals surface area (Å²) >= 11 is 0. The molecule has 0 unspecified atom stereocenters. The number of nitrogens with zero attached hydrogens (tertiary/aromatic N) is 4. The summed E-state index contributed by atoms with van der Waals surface area (Å²) in [4.78, 5) is 30.2. The zero-order chi connectivity index (χ0) is 17.1. The molecule has 0 saturated carbocycles. The van der Waals surface area contributed by atoms with Crippen LogP contribution in [0.25, 0.3) is 0 Å². The molecule has 2 amide bonds. The lowest BCUT2D eigenvalue weighted by molar-refractivity contribution is -0.129. The van der Waals surface area contributed by atoms with Crippen LogP contribution in [0, 0.1) is 12.8 Å². The van der Waals surface area contributed by atoms with E-state index in [1.165, 1.54) is 0 Å². The second-order valence-electron chi connectivity index (χ2n) is 6.15. The van der Waals surface area contributed by atoms with E-state index in [0.717, 1.165) is 17.0 Å². The van der Waals surface area contributed by atoms with Crippen LogP contribution in [0.3, 0.4) is 0 Å². The number of amides is 2. The molecule has 1 saturated heterocycles. The second-order valence-corrected chi connectivity index (χ2v) is 6.15. The molecule has 126 valence electrons. The first-order valence-corrected chi connectivity index (χ1v) is 7.97. The molecule has 0 radical (unpaired) electrons. The standard InChI is InChI=1S/C17H21N5O2/c1-12-7-15(21(2)20-12)9-19-17(24)14-8-16(23)22(11-14)10-13-3-5-18-6-4-13/h3-7,14H,8-11H2,1-2H3,(H,19,24)/t14-/m0/s1. The van der Waals surface area contributed by atoms with Crippen LogP contribution in [0.4, 0.5) is 0 Å². The van der Waals surface area contributed by atoms with Crippen LogP contribution in [-0.4, -0.2) is 38.0 Å². The van der Waals surface area contributed by atoms with Crippen molar-refractivity contribution in [2.24, 2.45) is 13.0 Å². The van der Waals surface area contributed by atoms with Gasteiger partial charge in [-0.25, -0.2) is 0 Å². The van der Waals surface area contributed by atoms with Gasteiger partial charge in [-0.05, 0) is 30.7 Å². The average Bonchev–Trinajstić information content (AvgIpc) is 3.08. The van der Waals surface area contributed by atoms with Crippen molar-refractivity contribution in [3.63, 3.8) is 0 Å². The monoisotopic (exact) mass is 327 g/mol. The maximum atomic E-state index is 12.4. The predicted octanol–water partition coefficient (Wildman–Crippen LogP) is 0.788. The molecule has 7 heteroatoms. The highest BCUT2D eigenvalue weighted by Gasteiger charge is 2.34. The van der Waals surface area contributed by atoms with E-state index in [0.29, 0.717) is 19.6 Å². The van der Waals surface area contributed by atoms with E-state index in [4.69, 9.17) is 0 Å². The minimum atomic E-state index is -0.298. The summed E-state index contributed by atoms with van der Waals surface area (Å²) in [7, 11) is 1.85. The Hall–Kier alpha value is -2.70. The molecule has 0 aromatic carbocycles. The highest BCUT2D eigenvalue weighted by molar-refractivity contribution is 5.89. The van der Waals surface area contributed by atoms with E-state index >= 15 is 0 Å². The van der Waals surface area contributed by atoms with Gasteiger partial charge in [0.1, 0.15) is 0 Å². The molecule has 0 bridgehead atoms. The number of carbonyl (C=O) groups excluding carboxylic acids is 2. The Balaban J connectivity index is 1.55. The number of hydrogen-bond acceptors (Lipinski definition) is 4. The summed E-state index contributed by atoms with van der Waals surface area (Å²) in [5.74, 6) is -0.364. The number of nitrogens with one attached hydrogen (secondary N) is 1. The zero-order valence-corrected chi connectivity index (χ0v) is 13.9. The van der Waals surface area contributed by atoms with Gasteiger partial charge < -0.3 is 10.2 Å². The van der Waals surface area contributed by atoms with Crippen LogP contribution >= 0.6 is 0 Å². The Bertz CT molecular complexity index is 741. The Morgan fingerprint density at radius 2 is 2.12 bits per heavy atom. The molecule has 1 aliphatic rings. The van der Waals surface area contributed by atoms with Crippen molar-refractivity contribution < 1.29 is 9.59 Å². The van der Waals surface area contributed by atoms with Crippen molar-refractivity contribution in [2.75, 3.05) is 6.54 Å². The van der Waals surface area contributed by atoms with Crippen molar-refractivity contribution in [2.45, 2.75) is 26.4 Å². The van der Waals surface area contributed by atoms with Crippen molar-refractivity contribution in [1.29, 1.82) is 0 Å². The second kappa shape index (κ2) is 6.82. The Morgan fingerprint density at radius 3 is 2.79 bits per heavy atom. The minimum Gasteiger partial charge on any atom is -0.350 e. The van der Waals surface area contributed by atoms with E-state index in [9.17, 15) is 9.59 Å². The molecule has 3 rings (SSSR count). The summed E-state index contributed by atoms with van der Waals surface area (Å²) in [6.45, 7) is 3.31. The molecule has 1 N–H and O–H groups in total. The normalized spacial score (nSPS) is 17.3. The summed E-state index contributed by atoms with van der Waals surface area (Å²) in [6.07, 6.45) is 3.67. The van der Waals surface area contributed by atoms with Gasteiger partial charge in [0, 0.05) is 39.0 Å². The number of aryl methyl sites for hydroxylation is 2. The number of carbonyl (C=O) groups is 2. The molecule has 2 aromatic rings. The van der Waals surface area contributed by atoms with Gasteiger partial charge in [0.05, 0.1) is 23.9 Å². The summed E-state index contributed by atoms with van der Waals surface area (Å²) in [5.41, 5.74) is 2.88. The number of aromatic nitrogens is 3. The fourth-order valence-corrected chi connectivity index (χ4v) is 2.96. The molecule has 3 heterocycles. The molecule has 0 spiro atoms. The highest BCUT2D eigenvalue weighted by Crippen LogP contribution is 2.20. The molecule has 1 aliphatic heterocycles. The third-order valence-corrected chi connectivity index (χ3v) is 4.25. The van der Waals surface area contributed by atoms with E-state index in [1.807, 2.05) is 32.2 Å². The van der Waals surface area contributed by atoms with Gasteiger partial charge >= 0.3 is 0 Å². The molecular weight excluding hydrogens is 306 g/mol. The lowest BCUT2D eigenvalue weighted by Gasteiger charge is -2.16. The van der Waals surface area contributed by atoms with Crippen LogP contribution in [0.15, 0.2) is 30.6 Å². The highest BCUT2D eigenvalue weighted by atomic mass is 16.2. The largest absolute Gasteiger partial charge is 0.350 e. The summed E-state index contributed by atoms with van der Waals surface area (Å²) in [6, 6.07) is 5.70. The maximum Gasteiger partial charge on any atom is 0.225 e. The number of pyridine rings is 1. The van der Waals surface area contributed by atoms with Crippen LogP contribution in [0.2, 0.25) is 0 Å². The quantitative estimate of drug-likeness (QED) is 0.880. The van der Waals surface area contributed by atoms with Gasteiger partial charge in [0.2, 0.25) is 11.8 Å². The van der Waals surface area contributed by atoms with Crippen LogP contribution < -0.4 is 5.32 Å². The van der Waals surface area contributed by atoms with Crippen LogP contribution in [0.5, 0.6) is 0 Å². The molecule has 2 aromatic heterocycles. The van der Waals surface area contributed by atoms with Gasteiger partial charge in [-0.15, -0.1) is 0 Å². The molecular formula is C17H21N5O2. The smallest absolute Gasteiger partial charge is 0.225 e. The average molecular weight is 327 g/mol. The number of likely N-dealkylation sites (tertiary alicyclic amines) is 1. The van der Waals surface area contributed by atoms with Crippen LogP contribution in [0.1, 0.15) is 23.4 Å². The van der Waals surface area contributed by atoms with Crippen molar-refractivity contribution in [3.05, 3.63) is 47.5 Å². The fourth-order valence-electron chi connectivity index (χ4n) is 2.96. The van der Waals surface area contributed by atoms with Gasteiger partial charge in [-0.1, -0.05) is 0 Å². The molecule has 1 atom stereocenters. The van der Waals surface area contributed by atoms with Crippen LogP contribution in [-0.2, 0) is 29.7 Å². The van der Waals surface area contributed by atoms with E-state index in [1.54, 1.807) is 22.0 Å². The molecule has 1 fully saturated rings. The lowest BCUT2D eigenvalue weighted by Crippen LogP contribution is -2.33.